The first-order valence-corrected chi connectivity index (χ1v) is 12.7. The lowest BCUT2D eigenvalue weighted by molar-refractivity contribution is 0.600. The summed E-state index contributed by atoms with van der Waals surface area (Å²) in [6.07, 6.45) is 7.68. The Labute approximate surface area is 193 Å². The van der Waals surface area contributed by atoms with Gasteiger partial charge in [0.25, 0.3) is 10.0 Å². The largest absolute Gasteiger partial charge is 0.374 e. The van der Waals surface area contributed by atoms with Crippen molar-refractivity contribution in [2.75, 3.05) is 23.2 Å². The number of aromatic nitrogens is 4. The minimum atomic E-state index is -3.80. The summed E-state index contributed by atoms with van der Waals surface area (Å²) in [6, 6.07) is 8.37. The van der Waals surface area contributed by atoms with Crippen LogP contribution in [-0.2, 0) is 23.0 Å². The topological polar surface area (TPSA) is 85.0 Å². The zero-order valence-corrected chi connectivity index (χ0v) is 20.1. The highest BCUT2D eigenvalue weighted by Crippen LogP contribution is 2.39. The Morgan fingerprint density at radius 2 is 2.00 bits per heavy atom. The molecule has 0 fully saturated rings. The molecular formula is C24H28N6O2S. The molecule has 0 atom stereocenters. The maximum atomic E-state index is 13.2. The molecule has 8 nitrogen and oxygen atoms in total. The van der Waals surface area contributed by atoms with Gasteiger partial charge in [0.05, 0.1) is 17.3 Å². The molecule has 0 unspecified atom stereocenters. The van der Waals surface area contributed by atoms with Crippen molar-refractivity contribution in [3.63, 3.8) is 0 Å². The van der Waals surface area contributed by atoms with Gasteiger partial charge >= 0.3 is 0 Å². The highest BCUT2D eigenvalue weighted by atomic mass is 32.2. The van der Waals surface area contributed by atoms with E-state index in [1.807, 2.05) is 6.92 Å². The number of hydrogen-bond donors (Lipinski definition) is 1. The maximum Gasteiger partial charge on any atom is 0.265 e. The van der Waals surface area contributed by atoms with Crippen molar-refractivity contribution < 1.29 is 8.42 Å². The first-order valence-electron chi connectivity index (χ1n) is 11.2. The first kappa shape index (κ1) is 21.5. The smallest absolute Gasteiger partial charge is 0.265 e. The van der Waals surface area contributed by atoms with E-state index in [0.29, 0.717) is 12.2 Å². The lowest BCUT2D eigenvalue weighted by Crippen LogP contribution is -2.13. The van der Waals surface area contributed by atoms with E-state index in [1.165, 1.54) is 23.6 Å². The van der Waals surface area contributed by atoms with Crippen LogP contribution in [0.2, 0.25) is 0 Å². The van der Waals surface area contributed by atoms with Gasteiger partial charge in [0.1, 0.15) is 10.5 Å². The molecule has 0 saturated carbocycles. The van der Waals surface area contributed by atoms with Crippen LogP contribution in [0.4, 0.5) is 11.4 Å². The lowest BCUT2D eigenvalue weighted by Gasteiger charge is -2.13. The number of likely N-dealkylation sites (N-methyl/N-ethyl adjacent to an activating group) is 1. The normalized spacial score (nSPS) is 13.8. The summed E-state index contributed by atoms with van der Waals surface area (Å²) in [5.74, 6) is 0. The second kappa shape index (κ2) is 7.91. The number of fused-ring (bicyclic) bond motifs is 2. The van der Waals surface area contributed by atoms with E-state index in [9.17, 15) is 8.42 Å². The molecule has 0 bridgehead atoms. The number of sulfonamides is 1. The van der Waals surface area contributed by atoms with E-state index >= 15 is 0 Å². The molecule has 1 aliphatic heterocycles. The third-order valence-electron chi connectivity index (χ3n) is 6.28. The van der Waals surface area contributed by atoms with Crippen LogP contribution in [-0.4, -0.2) is 41.3 Å². The quantitative estimate of drug-likeness (QED) is 0.460. The predicted molar refractivity (Wildman–Crippen MR) is 131 cm³/mol. The Morgan fingerprint density at radius 1 is 1.18 bits per heavy atom. The molecule has 0 aliphatic carbocycles. The molecule has 172 valence electrons. The van der Waals surface area contributed by atoms with Gasteiger partial charge in [-0.2, -0.15) is 5.10 Å². The third kappa shape index (κ3) is 3.66. The van der Waals surface area contributed by atoms with Gasteiger partial charge in [-0.3, -0.25) is 9.40 Å². The molecule has 0 radical (unpaired) electrons. The molecule has 4 aromatic rings. The van der Waals surface area contributed by atoms with Gasteiger partial charge in [0.2, 0.25) is 0 Å². The number of benzene rings is 1. The fourth-order valence-electron chi connectivity index (χ4n) is 4.44. The Kier molecular flexibility index (Phi) is 5.16. The fraction of sp³-hybridized carbons (Fsp3) is 0.333. The standard InChI is InChI=1S/C24H28N6O2S/c1-5-29-14-19(13-26-29)33(31,32)27-21-8-10-25-24-23(21)20(15-30(24)16(2)3)18-7-6-17-9-11-28(4)22(17)12-18/h6-8,10,12-16H,5,9,11H2,1-4H3,(H,25,27). The van der Waals surface area contributed by atoms with Crippen LogP contribution in [0.25, 0.3) is 22.2 Å². The van der Waals surface area contributed by atoms with Gasteiger partial charge in [-0.25, -0.2) is 13.4 Å². The zero-order chi connectivity index (χ0) is 23.3. The summed E-state index contributed by atoms with van der Waals surface area (Å²) in [7, 11) is -1.70. The fourth-order valence-corrected chi connectivity index (χ4v) is 5.46. The number of nitrogens with one attached hydrogen (secondary N) is 1. The molecule has 0 amide bonds. The SMILES string of the molecule is CCn1cc(S(=O)(=O)Nc2ccnc3c2c(-c2ccc4c(c2)N(C)CC4)cn3C(C)C)cn1. The number of pyridine rings is 1. The van der Waals surface area contributed by atoms with Crippen LogP contribution in [0.3, 0.4) is 0 Å². The number of nitrogens with zero attached hydrogens (tertiary/aromatic N) is 5. The molecule has 33 heavy (non-hydrogen) atoms. The Hall–Kier alpha value is -3.33. The lowest BCUT2D eigenvalue weighted by atomic mass is 10.0. The van der Waals surface area contributed by atoms with E-state index in [0.717, 1.165) is 35.1 Å². The second-order valence-electron chi connectivity index (χ2n) is 8.75. The molecule has 1 aliphatic rings. The summed E-state index contributed by atoms with van der Waals surface area (Å²) < 4.78 is 32.8. The number of rotatable bonds is 6. The number of hydrogen-bond acceptors (Lipinski definition) is 5. The summed E-state index contributed by atoms with van der Waals surface area (Å²) in [4.78, 5) is 7.01. The van der Waals surface area contributed by atoms with E-state index < -0.39 is 10.0 Å². The first-order chi connectivity index (χ1) is 15.8. The molecule has 4 heterocycles. The average Bonchev–Trinajstić information content (AvgIpc) is 3.51. The highest BCUT2D eigenvalue weighted by molar-refractivity contribution is 7.92. The monoisotopic (exact) mass is 464 g/mol. The van der Waals surface area contributed by atoms with Gasteiger partial charge in [-0.15, -0.1) is 0 Å². The Morgan fingerprint density at radius 3 is 2.73 bits per heavy atom. The number of anilines is 2. The van der Waals surface area contributed by atoms with E-state index in [1.54, 1.807) is 16.9 Å². The van der Waals surface area contributed by atoms with Gasteiger partial charge in [-0.1, -0.05) is 12.1 Å². The summed E-state index contributed by atoms with van der Waals surface area (Å²) >= 11 is 0. The Bertz CT molecular complexity index is 1450. The van der Waals surface area contributed by atoms with Crippen molar-refractivity contribution in [3.05, 3.63) is 54.6 Å². The molecule has 1 N–H and O–H groups in total. The van der Waals surface area contributed by atoms with Gasteiger partial charge in [-0.05, 0) is 50.5 Å². The minimum Gasteiger partial charge on any atom is -0.374 e. The van der Waals surface area contributed by atoms with Gasteiger partial charge in [0, 0.05) is 56.0 Å². The van der Waals surface area contributed by atoms with Crippen LogP contribution >= 0.6 is 0 Å². The van der Waals surface area contributed by atoms with Crippen molar-refractivity contribution in [1.82, 2.24) is 19.3 Å². The third-order valence-corrected chi connectivity index (χ3v) is 7.60. The van der Waals surface area contributed by atoms with Crippen LogP contribution in [0.5, 0.6) is 0 Å². The molecule has 0 spiro atoms. The predicted octanol–water partition coefficient (Wildman–Crippen LogP) is 4.29. The van der Waals surface area contributed by atoms with Gasteiger partial charge in [0.15, 0.2) is 0 Å². The van der Waals surface area contributed by atoms with Crippen molar-refractivity contribution in [1.29, 1.82) is 0 Å². The van der Waals surface area contributed by atoms with Crippen molar-refractivity contribution in [2.45, 2.75) is 44.7 Å². The van der Waals surface area contributed by atoms with E-state index in [-0.39, 0.29) is 10.9 Å². The molecule has 0 saturated heterocycles. The van der Waals surface area contributed by atoms with Gasteiger partial charge < -0.3 is 9.47 Å². The summed E-state index contributed by atoms with van der Waals surface area (Å²) in [6.45, 7) is 7.71. The highest BCUT2D eigenvalue weighted by Gasteiger charge is 2.23. The molecule has 3 aromatic heterocycles. The molecule has 9 heteroatoms. The van der Waals surface area contributed by atoms with E-state index in [2.05, 4.69) is 69.6 Å². The average molecular weight is 465 g/mol. The van der Waals surface area contributed by atoms with Crippen molar-refractivity contribution in [3.8, 4) is 11.1 Å². The summed E-state index contributed by atoms with van der Waals surface area (Å²) in [5.41, 5.74) is 5.80. The molecular weight excluding hydrogens is 436 g/mol. The summed E-state index contributed by atoms with van der Waals surface area (Å²) in [5, 5.41) is 4.90. The van der Waals surface area contributed by atoms with Crippen LogP contribution in [0.1, 0.15) is 32.4 Å². The molecule has 5 rings (SSSR count). The van der Waals surface area contributed by atoms with E-state index in [4.69, 9.17) is 0 Å². The van der Waals surface area contributed by atoms with Crippen LogP contribution in [0, 0.1) is 0 Å². The minimum absolute atomic E-state index is 0.137. The Balaban J connectivity index is 1.67. The molecule has 1 aromatic carbocycles. The maximum absolute atomic E-state index is 13.2. The van der Waals surface area contributed by atoms with Crippen molar-refractivity contribution in [2.24, 2.45) is 0 Å². The van der Waals surface area contributed by atoms with Crippen LogP contribution in [0.15, 0.2) is 53.9 Å². The number of aryl methyl sites for hydroxylation is 1. The van der Waals surface area contributed by atoms with Crippen LogP contribution < -0.4 is 9.62 Å². The van der Waals surface area contributed by atoms with Crippen molar-refractivity contribution >= 4 is 32.4 Å². The second-order valence-corrected chi connectivity index (χ2v) is 10.4. The zero-order valence-electron chi connectivity index (χ0n) is 19.3.